The average Bonchev–Trinajstić information content (AvgIpc) is 3.48. The van der Waals surface area contributed by atoms with E-state index in [-0.39, 0.29) is 0 Å². The lowest BCUT2D eigenvalue weighted by molar-refractivity contribution is 0.203. The molecule has 10 rings (SSSR count). The minimum absolute atomic E-state index is 0.371. The number of nitrogens with zero attached hydrogens (tertiary/aromatic N) is 1. The van der Waals surface area contributed by atoms with Gasteiger partial charge in [-0.3, -0.25) is 0 Å². The lowest BCUT2D eigenvalue weighted by Crippen LogP contribution is -2.39. The van der Waals surface area contributed by atoms with Gasteiger partial charge < -0.3 is 4.90 Å². The van der Waals surface area contributed by atoms with Crippen LogP contribution < -0.4 is 4.90 Å². The molecule has 5 aromatic rings. The lowest BCUT2D eigenvalue weighted by Gasteiger charge is -2.44. The first-order valence-corrected chi connectivity index (χ1v) is 18.2. The van der Waals surface area contributed by atoms with Gasteiger partial charge in [0, 0.05) is 17.3 Å². The first-order valence-electron chi connectivity index (χ1n) is 18.2. The van der Waals surface area contributed by atoms with E-state index in [1.54, 1.807) is 16.7 Å². The third-order valence-corrected chi connectivity index (χ3v) is 12.8. The van der Waals surface area contributed by atoms with Gasteiger partial charge in [-0.2, -0.15) is 0 Å². The highest BCUT2D eigenvalue weighted by Crippen LogP contribution is 2.57. The van der Waals surface area contributed by atoms with Gasteiger partial charge in [-0.25, -0.2) is 0 Å². The Balaban J connectivity index is 0.968. The van der Waals surface area contributed by atoms with Gasteiger partial charge >= 0.3 is 0 Å². The largest absolute Gasteiger partial charge is 0.334 e. The van der Waals surface area contributed by atoms with Crippen molar-refractivity contribution in [3.8, 4) is 0 Å². The predicted octanol–water partition coefficient (Wildman–Crippen LogP) is 12.0. The Hall–Kier alpha value is -4.36. The fourth-order valence-electron chi connectivity index (χ4n) is 10.6. The second-order valence-electron chi connectivity index (χ2n) is 15.1. The van der Waals surface area contributed by atoms with Gasteiger partial charge in [-0.15, -0.1) is 0 Å². The van der Waals surface area contributed by atoms with E-state index in [4.69, 9.17) is 0 Å². The van der Waals surface area contributed by atoms with Gasteiger partial charge in [0.25, 0.3) is 0 Å². The van der Waals surface area contributed by atoms with Crippen LogP contribution in [0.5, 0.6) is 0 Å². The monoisotopic (exact) mass is 609 g/mol. The molecule has 0 N–H and O–H groups in total. The SMILES string of the molecule is C1=CC2CCCC(c3ccc4ccc(C5CCC6C=CC7C(c8ccccc8N7c7ccc8ccccc8c7)C6C5)cc4c3)C2C=C1. The zero-order chi connectivity index (χ0) is 30.9. The van der Waals surface area contributed by atoms with Crippen LogP contribution >= 0.6 is 0 Å². The molecule has 5 aromatic carbocycles. The third kappa shape index (κ3) is 4.57. The van der Waals surface area contributed by atoms with Crippen molar-refractivity contribution in [2.75, 3.05) is 4.90 Å². The van der Waals surface area contributed by atoms with Crippen LogP contribution in [0.15, 0.2) is 140 Å². The highest BCUT2D eigenvalue weighted by molar-refractivity contribution is 5.88. The predicted molar refractivity (Wildman–Crippen MR) is 198 cm³/mol. The second kappa shape index (κ2) is 11.1. The minimum atomic E-state index is 0.371. The summed E-state index contributed by atoms with van der Waals surface area (Å²) in [5.41, 5.74) is 7.36. The van der Waals surface area contributed by atoms with Crippen molar-refractivity contribution in [2.45, 2.75) is 62.3 Å². The van der Waals surface area contributed by atoms with E-state index in [1.807, 2.05) is 0 Å². The van der Waals surface area contributed by atoms with Crippen LogP contribution in [0.1, 0.15) is 73.0 Å². The maximum Gasteiger partial charge on any atom is 0.0594 e. The van der Waals surface area contributed by atoms with Crippen LogP contribution in [0, 0.1) is 23.7 Å². The van der Waals surface area contributed by atoms with E-state index in [1.165, 1.54) is 71.4 Å². The molecule has 0 saturated heterocycles. The van der Waals surface area contributed by atoms with Crippen molar-refractivity contribution in [1.82, 2.24) is 0 Å². The highest BCUT2D eigenvalue weighted by Gasteiger charge is 2.48. The van der Waals surface area contributed by atoms with Crippen molar-refractivity contribution >= 4 is 32.9 Å². The molecule has 8 unspecified atom stereocenters. The van der Waals surface area contributed by atoms with Gasteiger partial charge in [-0.1, -0.05) is 128 Å². The Kier molecular flexibility index (Phi) is 6.56. The summed E-state index contributed by atoms with van der Waals surface area (Å²) in [7, 11) is 0. The molecule has 0 aromatic heterocycles. The highest BCUT2D eigenvalue weighted by atomic mass is 15.2. The van der Waals surface area contributed by atoms with Gasteiger partial charge in [0.1, 0.15) is 0 Å². The summed E-state index contributed by atoms with van der Waals surface area (Å²) in [5.74, 6) is 4.46. The Morgan fingerprint density at radius 2 is 1.34 bits per heavy atom. The maximum absolute atomic E-state index is 2.65. The summed E-state index contributed by atoms with van der Waals surface area (Å²) in [6.07, 6.45) is 22.5. The molecule has 47 heavy (non-hydrogen) atoms. The number of hydrogen-bond acceptors (Lipinski definition) is 1. The standard InChI is InChI=1S/C46H43N/c1-2-10-34-28-39(24-22-30(34)8-1)47-44-15-6-5-13-42(44)46-43-29-36(20-18-33(43)23-25-45(46)47)35-19-16-31-17-21-37(27-38(31)26-35)41-14-7-11-32-9-3-4-12-40(32)41/h1-6,8-10,12-13,15-17,19,21-28,32-33,36,40-41,43,45-46H,7,11,14,18,20,29H2. The summed E-state index contributed by atoms with van der Waals surface area (Å²) in [6, 6.07) is 40.3. The minimum Gasteiger partial charge on any atom is -0.334 e. The lowest BCUT2D eigenvalue weighted by atomic mass is 9.62. The molecule has 1 heteroatoms. The number of anilines is 2. The smallest absolute Gasteiger partial charge is 0.0594 e. The Labute approximate surface area is 279 Å². The molecule has 2 fully saturated rings. The Morgan fingerprint density at radius 1 is 0.553 bits per heavy atom. The number of benzene rings is 5. The summed E-state index contributed by atoms with van der Waals surface area (Å²) < 4.78 is 0. The maximum atomic E-state index is 2.65. The normalized spacial score (nSPS) is 30.6. The number of para-hydroxylation sites is 1. The topological polar surface area (TPSA) is 3.24 Å². The van der Waals surface area contributed by atoms with E-state index < -0.39 is 0 Å². The van der Waals surface area contributed by atoms with Crippen molar-refractivity contribution in [3.05, 3.63) is 156 Å². The van der Waals surface area contributed by atoms with Gasteiger partial charge in [0.15, 0.2) is 0 Å². The fourth-order valence-corrected chi connectivity index (χ4v) is 10.6. The van der Waals surface area contributed by atoms with E-state index in [9.17, 15) is 0 Å². The zero-order valence-corrected chi connectivity index (χ0v) is 27.1. The molecule has 1 aliphatic heterocycles. The van der Waals surface area contributed by atoms with Crippen molar-refractivity contribution in [2.24, 2.45) is 23.7 Å². The number of hydrogen-bond donors (Lipinski definition) is 0. The van der Waals surface area contributed by atoms with Crippen LogP contribution in [0.3, 0.4) is 0 Å². The molecule has 5 aliphatic rings. The molecular weight excluding hydrogens is 567 g/mol. The van der Waals surface area contributed by atoms with Gasteiger partial charge in [-0.05, 0) is 124 Å². The van der Waals surface area contributed by atoms with Gasteiger partial charge in [0.05, 0.1) is 6.04 Å². The summed E-state index contributed by atoms with van der Waals surface area (Å²) >= 11 is 0. The summed E-state index contributed by atoms with van der Waals surface area (Å²) in [5, 5.41) is 5.45. The molecule has 4 aliphatic carbocycles. The Morgan fingerprint density at radius 3 is 2.30 bits per heavy atom. The number of rotatable bonds is 3. The van der Waals surface area contributed by atoms with Crippen molar-refractivity contribution in [3.63, 3.8) is 0 Å². The first kappa shape index (κ1) is 27.7. The first-order chi connectivity index (χ1) is 23.3. The molecule has 0 bridgehead atoms. The van der Waals surface area contributed by atoms with E-state index in [0.29, 0.717) is 47.5 Å². The molecule has 0 spiro atoms. The Bertz CT molecular complexity index is 2080. The molecule has 1 heterocycles. The van der Waals surface area contributed by atoms with E-state index >= 15 is 0 Å². The van der Waals surface area contributed by atoms with Crippen LogP contribution in [0.25, 0.3) is 21.5 Å². The quantitative estimate of drug-likeness (QED) is 0.184. The molecule has 2 saturated carbocycles. The molecule has 0 amide bonds. The molecule has 8 atom stereocenters. The third-order valence-electron chi connectivity index (χ3n) is 12.8. The van der Waals surface area contributed by atoms with Crippen LogP contribution in [-0.4, -0.2) is 6.04 Å². The van der Waals surface area contributed by atoms with Crippen molar-refractivity contribution < 1.29 is 0 Å². The summed E-state index contributed by atoms with van der Waals surface area (Å²) in [4.78, 5) is 2.65. The van der Waals surface area contributed by atoms with Crippen LogP contribution in [-0.2, 0) is 0 Å². The van der Waals surface area contributed by atoms with Gasteiger partial charge in [0.2, 0.25) is 0 Å². The van der Waals surface area contributed by atoms with E-state index in [0.717, 1.165) is 0 Å². The second-order valence-corrected chi connectivity index (χ2v) is 15.1. The molecule has 0 radical (unpaired) electrons. The molecule has 232 valence electrons. The van der Waals surface area contributed by atoms with Crippen LogP contribution in [0.2, 0.25) is 0 Å². The molecule has 1 nitrogen and oxygen atoms in total. The number of fused-ring (bicyclic) bond motifs is 8. The fraction of sp³-hybridized carbons (Fsp3) is 0.304. The van der Waals surface area contributed by atoms with E-state index in [2.05, 4.69) is 144 Å². The van der Waals surface area contributed by atoms with Crippen molar-refractivity contribution in [1.29, 1.82) is 0 Å². The average molecular weight is 610 g/mol. The summed E-state index contributed by atoms with van der Waals surface area (Å²) in [6.45, 7) is 0. The zero-order valence-electron chi connectivity index (χ0n) is 27.1. The number of allylic oxidation sites excluding steroid dienone is 5. The molecular formula is C46H43N. The van der Waals surface area contributed by atoms with Crippen LogP contribution in [0.4, 0.5) is 11.4 Å².